The quantitative estimate of drug-likeness (QED) is 0.276. The molecule has 9 nitrogen and oxygen atoms in total. The van der Waals surface area contributed by atoms with E-state index in [9.17, 15) is 19.0 Å². The Morgan fingerprint density at radius 1 is 1.48 bits per heavy atom. The lowest BCUT2D eigenvalue weighted by Gasteiger charge is -2.19. The maximum Gasteiger partial charge on any atom is 0.472 e. The number of carbonyl (C=O) groups excluding carboxylic acids is 2. The highest BCUT2D eigenvalue weighted by Crippen LogP contribution is 2.42. The second-order valence-corrected chi connectivity index (χ2v) is 5.94. The molecular formula is C11H24N3O6P. The zero-order chi connectivity index (χ0) is 16.3. The van der Waals surface area contributed by atoms with Crippen LogP contribution in [0, 0.1) is 5.92 Å². The third-order valence-electron chi connectivity index (χ3n) is 2.68. The van der Waals surface area contributed by atoms with E-state index in [0.717, 1.165) is 6.42 Å². The zero-order valence-corrected chi connectivity index (χ0v) is 13.2. The van der Waals surface area contributed by atoms with Crippen molar-refractivity contribution in [2.75, 3.05) is 26.3 Å². The molecule has 124 valence electrons. The van der Waals surface area contributed by atoms with E-state index in [1.807, 2.05) is 13.8 Å². The molecule has 2 amide bonds. The summed E-state index contributed by atoms with van der Waals surface area (Å²) in [6.45, 7) is 3.80. The number of nitrogens with two attached hydrogens (primary N) is 1. The van der Waals surface area contributed by atoms with E-state index in [2.05, 4.69) is 19.7 Å². The SMILES string of the molecule is CCC(C)CNC(=O)C(COP(=O)(O)OCCN)NC=O. The van der Waals surface area contributed by atoms with Crippen LogP contribution >= 0.6 is 7.82 Å². The largest absolute Gasteiger partial charge is 0.472 e. The number of hydrogen-bond acceptors (Lipinski definition) is 6. The predicted octanol–water partition coefficient (Wildman–Crippen LogP) is -0.644. The molecule has 0 fully saturated rings. The highest BCUT2D eigenvalue weighted by atomic mass is 31.2. The van der Waals surface area contributed by atoms with Gasteiger partial charge in [-0.15, -0.1) is 0 Å². The van der Waals surface area contributed by atoms with Gasteiger partial charge in [-0.2, -0.15) is 0 Å². The van der Waals surface area contributed by atoms with Crippen molar-refractivity contribution in [3.8, 4) is 0 Å². The van der Waals surface area contributed by atoms with Crippen LogP contribution in [-0.4, -0.2) is 49.6 Å². The normalized spacial score (nSPS) is 16.6. The smallest absolute Gasteiger partial charge is 0.354 e. The van der Waals surface area contributed by atoms with E-state index in [1.54, 1.807) is 0 Å². The van der Waals surface area contributed by atoms with Gasteiger partial charge in [0.1, 0.15) is 6.04 Å². The fourth-order valence-corrected chi connectivity index (χ4v) is 1.95. The van der Waals surface area contributed by atoms with Crippen LogP contribution in [0.4, 0.5) is 0 Å². The number of nitrogens with one attached hydrogen (secondary N) is 2. The van der Waals surface area contributed by atoms with Crippen LogP contribution in [0.5, 0.6) is 0 Å². The van der Waals surface area contributed by atoms with Crippen LogP contribution < -0.4 is 16.4 Å². The third kappa shape index (κ3) is 9.54. The van der Waals surface area contributed by atoms with Gasteiger partial charge in [0.05, 0.1) is 13.2 Å². The number of phosphoric ester groups is 1. The number of amides is 2. The second kappa shape index (κ2) is 10.7. The van der Waals surface area contributed by atoms with Gasteiger partial charge in [0.15, 0.2) is 0 Å². The van der Waals surface area contributed by atoms with Crippen molar-refractivity contribution in [1.82, 2.24) is 10.6 Å². The van der Waals surface area contributed by atoms with Crippen molar-refractivity contribution in [1.29, 1.82) is 0 Å². The average molecular weight is 325 g/mol. The Kier molecular flexibility index (Phi) is 10.2. The standard InChI is InChI=1S/C11H24N3O6P/c1-3-9(2)6-13-11(16)10(14-8-15)7-20-21(17,18)19-5-4-12/h8-10H,3-7,12H2,1-2H3,(H,13,16)(H,14,15)(H,17,18). The summed E-state index contributed by atoms with van der Waals surface area (Å²) >= 11 is 0. The highest BCUT2D eigenvalue weighted by Gasteiger charge is 2.26. The summed E-state index contributed by atoms with van der Waals surface area (Å²) in [6, 6.07) is -1.08. The molecule has 0 aromatic rings. The number of hydrogen-bond donors (Lipinski definition) is 4. The first-order valence-corrected chi connectivity index (χ1v) is 8.15. The van der Waals surface area contributed by atoms with Crippen molar-refractivity contribution in [3.05, 3.63) is 0 Å². The Morgan fingerprint density at radius 2 is 2.14 bits per heavy atom. The molecule has 5 N–H and O–H groups in total. The summed E-state index contributed by atoms with van der Waals surface area (Å²) in [5.41, 5.74) is 5.13. The van der Waals surface area contributed by atoms with E-state index in [1.165, 1.54) is 0 Å². The van der Waals surface area contributed by atoms with Gasteiger partial charge in [-0.3, -0.25) is 18.6 Å². The van der Waals surface area contributed by atoms with Gasteiger partial charge < -0.3 is 21.3 Å². The molecular weight excluding hydrogens is 301 g/mol. The molecule has 0 saturated heterocycles. The van der Waals surface area contributed by atoms with Gasteiger partial charge in [0, 0.05) is 13.1 Å². The molecule has 10 heteroatoms. The van der Waals surface area contributed by atoms with Gasteiger partial charge in [0.2, 0.25) is 12.3 Å². The average Bonchev–Trinajstić information content (AvgIpc) is 2.46. The Labute approximate surface area is 124 Å². The predicted molar refractivity (Wildman–Crippen MR) is 76.2 cm³/mol. The summed E-state index contributed by atoms with van der Waals surface area (Å²) in [6.07, 6.45) is 1.21. The topological polar surface area (TPSA) is 140 Å². The zero-order valence-electron chi connectivity index (χ0n) is 12.3. The molecule has 21 heavy (non-hydrogen) atoms. The first-order chi connectivity index (χ1) is 9.86. The first kappa shape index (κ1) is 20.0. The molecule has 0 aliphatic carbocycles. The number of rotatable bonds is 12. The fraction of sp³-hybridized carbons (Fsp3) is 0.818. The minimum absolute atomic E-state index is 0.0549. The van der Waals surface area contributed by atoms with Crippen LogP contribution in [-0.2, 0) is 23.2 Å². The Bertz CT molecular complexity index is 368. The number of phosphoric acid groups is 1. The first-order valence-electron chi connectivity index (χ1n) is 6.65. The van der Waals surface area contributed by atoms with Crippen LogP contribution in [0.25, 0.3) is 0 Å². The summed E-state index contributed by atoms with van der Waals surface area (Å²) < 4.78 is 20.6. The monoisotopic (exact) mass is 325 g/mol. The molecule has 0 aliphatic heterocycles. The van der Waals surface area contributed by atoms with Crippen LogP contribution in [0.3, 0.4) is 0 Å². The molecule has 3 atom stereocenters. The van der Waals surface area contributed by atoms with Crippen LogP contribution in [0.2, 0.25) is 0 Å². The molecule has 0 rings (SSSR count). The molecule has 0 bridgehead atoms. The van der Waals surface area contributed by atoms with E-state index >= 15 is 0 Å². The molecule has 0 aromatic heterocycles. The number of carbonyl (C=O) groups is 2. The lowest BCUT2D eigenvalue weighted by molar-refractivity contribution is -0.126. The van der Waals surface area contributed by atoms with E-state index in [-0.39, 0.29) is 19.1 Å². The van der Waals surface area contributed by atoms with Gasteiger partial charge in [0.25, 0.3) is 0 Å². The van der Waals surface area contributed by atoms with E-state index in [0.29, 0.717) is 13.0 Å². The van der Waals surface area contributed by atoms with Crippen molar-refractivity contribution >= 4 is 20.1 Å². The summed E-state index contributed by atoms with van der Waals surface area (Å²) in [5, 5.41) is 4.85. The van der Waals surface area contributed by atoms with Gasteiger partial charge in [-0.05, 0) is 5.92 Å². The van der Waals surface area contributed by atoms with Crippen molar-refractivity contribution in [3.63, 3.8) is 0 Å². The van der Waals surface area contributed by atoms with Gasteiger partial charge in [-0.1, -0.05) is 20.3 Å². The van der Waals surface area contributed by atoms with Crippen molar-refractivity contribution in [2.24, 2.45) is 11.7 Å². The minimum Gasteiger partial charge on any atom is -0.354 e. The summed E-state index contributed by atoms with van der Waals surface area (Å²) in [7, 11) is -4.29. The minimum atomic E-state index is -4.29. The Balaban J connectivity index is 4.37. The Hall–Kier alpha value is -0.990. The molecule has 0 radical (unpaired) electrons. The molecule has 0 saturated carbocycles. The van der Waals surface area contributed by atoms with Gasteiger partial charge >= 0.3 is 7.82 Å². The van der Waals surface area contributed by atoms with Crippen molar-refractivity contribution in [2.45, 2.75) is 26.3 Å². The lowest BCUT2D eigenvalue weighted by Crippen LogP contribution is -2.47. The highest BCUT2D eigenvalue weighted by molar-refractivity contribution is 7.47. The van der Waals surface area contributed by atoms with E-state index < -0.39 is 26.4 Å². The third-order valence-corrected chi connectivity index (χ3v) is 3.67. The van der Waals surface area contributed by atoms with Crippen LogP contribution in [0.15, 0.2) is 0 Å². The van der Waals surface area contributed by atoms with Gasteiger partial charge in [-0.25, -0.2) is 4.57 Å². The maximum atomic E-state index is 11.8. The molecule has 3 unspecified atom stereocenters. The molecule has 0 aliphatic rings. The summed E-state index contributed by atoms with van der Waals surface area (Å²) in [5.74, 6) is -0.218. The van der Waals surface area contributed by atoms with Crippen molar-refractivity contribution < 1.29 is 28.1 Å². The van der Waals surface area contributed by atoms with Crippen LogP contribution in [0.1, 0.15) is 20.3 Å². The molecule has 0 aromatic carbocycles. The fourth-order valence-electron chi connectivity index (χ4n) is 1.20. The van der Waals surface area contributed by atoms with E-state index in [4.69, 9.17) is 5.73 Å². The maximum absolute atomic E-state index is 11.8. The lowest BCUT2D eigenvalue weighted by atomic mass is 10.1. The Morgan fingerprint density at radius 3 is 2.67 bits per heavy atom. The second-order valence-electron chi connectivity index (χ2n) is 4.48. The molecule has 0 heterocycles. The molecule has 0 spiro atoms. The summed E-state index contributed by atoms with van der Waals surface area (Å²) in [4.78, 5) is 31.6.